The van der Waals surface area contributed by atoms with Crippen molar-refractivity contribution in [3.05, 3.63) is 0 Å². The van der Waals surface area contributed by atoms with Crippen molar-refractivity contribution in [1.82, 2.24) is 5.32 Å². The molecule has 0 radical (unpaired) electrons. The molecule has 0 aromatic heterocycles. The fourth-order valence-corrected chi connectivity index (χ4v) is 1.05. The molecule has 66 valence electrons. The molecule has 0 aromatic carbocycles. The molecule has 1 unspecified atom stereocenters. The van der Waals surface area contributed by atoms with Gasteiger partial charge in [0.15, 0.2) is 0 Å². The van der Waals surface area contributed by atoms with E-state index in [0.29, 0.717) is 19.0 Å². The molecular weight excluding hydrogens is 176 g/mol. The Morgan fingerprint density at radius 3 is 3.25 bits per heavy atom. The van der Waals surface area contributed by atoms with Gasteiger partial charge in [0.2, 0.25) is 0 Å². The third kappa shape index (κ3) is 2.01. The molecule has 0 aromatic rings. The topological polar surface area (TPSA) is 50.7 Å². The maximum absolute atomic E-state index is 11.1. The third-order valence-electron chi connectivity index (χ3n) is 1.45. The summed E-state index contributed by atoms with van der Waals surface area (Å²) in [6.07, 6.45) is 0. The molecule has 0 fully saturated rings. The van der Waals surface area contributed by atoms with Crippen LogP contribution in [0.4, 0.5) is 0 Å². The van der Waals surface area contributed by atoms with Gasteiger partial charge < -0.3 is 10.1 Å². The van der Waals surface area contributed by atoms with Crippen LogP contribution in [0.2, 0.25) is 0 Å². The first-order valence-electron chi connectivity index (χ1n) is 3.70. The SMILES string of the molecule is CCOC(=O)C1CN=C(C=S)N1. The minimum absolute atomic E-state index is 0.270. The van der Waals surface area contributed by atoms with Crippen LogP contribution in [-0.2, 0) is 9.53 Å². The van der Waals surface area contributed by atoms with E-state index in [0.717, 1.165) is 0 Å². The highest BCUT2D eigenvalue weighted by molar-refractivity contribution is 7.80. The van der Waals surface area contributed by atoms with Crippen molar-refractivity contribution in [1.29, 1.82) is 0 Å². The summed E-state index contributed by atoms with van der Waals surface area (Å²) in [4.78, 5) is 15.1. The van der Waals surface area contributed by atoms with E-state index in [9.17, 15) is 4.79 Å². The summed E-state index contributed by atoms with van der Waals surface area (Å²) in [5.41, 5.74) is 0. The summed E-state index contributed by atoms with van der Waals surface area (Å²) in [7, 11) is 0. The zero-order valence-corrected chi connectivity index (χ0v) is 7.56. The molecule has 0 amide bonds. The average molecular weight is 186 g/mol. The maximum atomic E-state index is 11.1. The summed E-state index contributed by atoms with van der Waals surface area (Å²) in [6, 6.07) is -0.348. The van der Waals surface area contributed by atoms with E-state index in [1.165, 1.54) is 5.37 Å². The summed E-state index contributed by atoms with van der Waals surface area (Å²) in [5, 5.41) is 4.26. The van der Waals surface area contributed by atoms with Crippen LogP contribution in [0.15, 0.2) is 4.99 Å². The van der Waals surface area contributed by atoms with Gasteiger partial charge in [-0.25, -0.2) is 4.79 Å². The van der Waals surface area contributed by atoms with E-state index in [1.807, 2.05) is 0 Å². The lowest BCUT2D eigenvalue weighted by molar-refractivity contribution is -0.144. The van der Waals surface area contributed by atoms with Gasteiger partial charge in [-0.3, -0.25) is 4.99 Å². The van der Waals surface area contributed by atoms with Crippen LogP contribution in [0.1, 0.15) is 6.92 Å². The highest BCUT2D eigenvalue weighted by atomic mass is 32.1. The van der Waals surface area contributed by atoms with Crippen molar-refractivity contribution in [2.24, 2.45) is 4.99 Å². The van der Waals surface area contributed by atoms with Crippen molar-refractivity contribution >= 4 is 29.4 Å². The average Bonchev–Trinajstić information content (AvgIpc) is 2.52. The molecule has 0 bridgehead atoms. The molecule has 0 spiro atoms. The minimum atomic E-state index is -0.348. The Bertz CT molecular complexity index is 227. The smallest absolute Gasteiger partial charge is 0.330 e. The highest BCUT2D eigenvalue weighted by Gasteiger charge is 2.24. The Labute approximate surface area is 76.0 Å². The lowest BCUT2D eigenvalue weighted by Gasteiger charge is -2.08. The molecule has 0 saturated heterocycles. The van der Waals surface area contributed by atoms with Gasteiger partial charge in [0.1, 0.15) is 11.9 Å². The second-order valence-corrected chi connectivity index (χ2v) is 2.53. The summed E-state index contributed by atoms with van der Waals surface area (Å²) in [6.45, 7) is 2.58. The number of amidine groups is 1. The van der Waals surface area contributed by atoms with Crippen molar-refractivity contribution < 1.29 is 9.53 Å². The molecule has 1 N–H and O–H groups in total. The number of esters is 1. The van der Waals surface area contributed by atoms with E-state index in [4.69, 9.17) is 4.74 Å². The molecule has 1 aliphatic heterocycles. The Balaban J connectivity index is 2.40. The molecule has 0 saturated carbocycles. The van der Waals surface area contributed by atoms with E-state index < -0.39 is 0 Å². The largest absolute Gasteiger partial charge is 0.464 e. The first-order valence-corrected chi connectivity index (χ1v) is 4.18. The number of nitrogens with one attached hydrogen (secondary N) is 1. The van der Waals surface area contributed by atoms with Gasteiger partial charge in [0.25, 0.3) is 0 Å². The van der Waals surface area contributed by atoms with Crippen LogP contribution in [0.25, 0.3) is 0 Å². The zero-order chi connectivity index (χ0) is 8.97. The summed E-state index contributed by atoms with van der Waals surface area (Å²) in [5.74, 6) is 0.316. The first-order chi connectivity index (χ1) is 5.77. The number of rotatable bonds is 3. The minimum Gasteiger partial charge on any atom is -0.464 e. The van der Waals surface area contributed by atoms with Gasteiger partial charge in [-0.15, -0.1) is 0 Å². The van der Waals surface area contributed by atoms with Crippen LogP contribution >= 0.6 is 12.2 Å². The maximum Gasteiger partial charge on any atom is 0.330 e. The highest BCUT2D eigenvalue weighted by Crippen LogP contribution is 1.97. The fraction of sp³-hybridized carbons (Fsp3) is 0.571. The molecule has 1 aliphatic rings. The summed E-state index contributed by atoms with van der Waals surface area (Å²) >= 11 is 4.65. The third-order valence-corrected chi connectivity index (χ3v) is 1.67. The molecule has 1 atom stereocenters. The van der Waals surface area contributed by atoms with E-state index >= 15 is 0 Å². The molecule has 1 rings (SSSR count). The van der Waals surface area contributed by atoms with Crippen LogP contribution in [0.3, 0.4) is 0 Å². The summed E-state index contributed by atoms with van der Waals surface area (Å²) < 4.78 is 4.80. The standard InChI is InChI=1S/C7H10N2O2S/c1-2-11-7(10)5-3-8-6(4-12)9-5/h4-5H,2-3H2,1H3,(H,8,9). The number of aliphatic imine (C=N–C) groups is 1. The number of thiocarbonyl (C=S) groups is 1. The second kappa shape index (κ2) is 4.15. The van der Waals surface area contributed by atoms with Crippen molar-refractivity contribution in [2.75, 3.05) is 13.2 Å². The second-order valence-electron chi connectivity index (χ2n) is 2.29. The van der Waals surface area contributed by atoms with Gasteiger partial charge in [0.05, 0.1) is 13.2 Å². The lowest BCUT2D eigenvalue weighted by Crippen LogP contribution is -2.38. The van der Waals surface area contributed by atoms with Gasteiger partial charge in [-0.2, -0.15) is 0 Å². The van der Waals surface area contributed by atoms with Gasteiger partial charge in [-0.05, 0) is 6.92 Å². The van der Waals surface area contributed by atoms with E-state index in [2.05, 4.69) is 22.5 Å². The van der Waals surface area contributed by atoms with Gasteiger partial charge in [-0.1, -0.05) is 12.2 Å². The van der Waals surface area contributed by atoms with Crippen molar-refractivity contribution in [2.45, 2.75) is 13.0 Å². The zero-order valence-electron chi connectivity index (χ0n) is 6.74. The molecular formula is C7H10N2O2S. The predicted molar refractivity (Wildman–Crippen MR) is 49.5 cm³/mol. The van der Waals surface area contributed by atoms with Crippen LogP contribution < -0.4 is 5.32 Å². The fourth-order valence-electron chi connectivity index (χ4n) is 0.907. The molecule has 12 heavy (non-hydrogen) atoms. The Hall–Kier alpha value is -0.970. The van der Waals surface area contributed by atoms with Gasteiger partial charge in [0, 0.05) is 5.37 Å². The number of ether oxygens (including phenoxy) is 1. The monoisotopic (exact) mass is 186 g/mol. The van der Waals surface area contributed by atoms with Crippen molar-refractivity contribution in [3.8, 4) is 0 Å². The number of hydrogen-bond donors (Lipinski definition) is 1. The number of carbonyl (C=O) groups is 1. The van der Waals surface area contributed by atoms with Crippen LogP contribution in [-0.4, -0.2) is 36.4 Å². The number of nitrogens with zero attached hydrogens (tertiary/aromatic N) is 1. The molecule has 4 nitrogen and oxygen atoms in total. The Morgan fingerprint density at radius 1 is 2.00 bits per heavy atom. The molecule has 1 heterocycles. The van der Waals surface area contributed by atoms with Crippen LogP contribution in [0, 0.1) is 0 Å². The van der Waals surface area contributed by atoms with E-state index in [-0.39, 0.29) is 12.0 Å². The predicted octanol–water partition coefficient (Wildman–Crippen LogP) is -0.0805. The Kier molecular flexibility index (Phi) is 3.16. The van der Waals surface area contributed by atoms with E-state index in [1.54, 1.807) is 6.92 Å². The quantitative estimate of drug-likeness (QED) is 0.495. The molecule has 5 heteroatoms. The van der Waals surface area contributed by atoms with Gasteiger partial charge >= 0.3 is 5.97 Å². The molecule has 0 aliphatic carbocycles. The normalized spacial score (nSPS) is 21.1. The first kappa shape index (κ1) is 9.12. The lowest BCUT2D eigenvalue weighted by atomic mass is 10.3. The number of hydrogen-bond acceptors (Lipinski definition) is 5. The Morgan fingerprint density at radius 2 is 2.75 bits per heavy atom. The van der Waals surface area contributed by atoms with Crippen LogP contribution in [0.5, 0.6) is 0 Å². The number of carbonyl (C=O) groups excluding carboxylic acids is 1. The van der Waals surface area contributed by atoms with Crippen molar-refractivity contribution in [3.63, 3.8) is 0 Å².